The number of aromatic nitrogens is 7. The topological polar surface area (TPSA) is 113 Å². The number of rotatable bonds is 10. The molecule has 4 heterocycles. The standard InChI is InChI=1S/C25H31F2N11O/c1-35(2)9-6-10-36(3)23-28-15-17(16-29-23)30-22-32-24(37-11-13-39-14-12-37)34-25(33-22)38-19-8-5-4-7-18(19)31-21(38)20(26)27/h4-5,7-8,15-16,20H,6,9-14H2,1-3H3,(H,30,32,33,34). The number of nitrogens with one attached hydrogen (secondary N) is 1. The Morgan fingerprint density at radius 3 is 2.38 bits per heavy atom. The van der Waals surface area contributed by atoms with Gasteiger partial charge in [0.15, 0.2) is 5.82 Å². The lowest BCUT2D eigenvalue weighted by Crippen LogP contribution is -2.37. The first-order chi connectivity index (χ1) is 18.9. The molecule has 1 aromatic carbocycles. The molecule has 0 saturated carbocycles. The number of imidazole rings is 1. The quantitative estimate of drug-likeness (QED) is 0.321. The van der Waals surface area contributed by atoms with E-state index in [2.05, 4.69) is 40.1 Å². The number of morpholine rings is 1. The van der Waals surface area contributed by atoms with Crippen molar-refractivity contribution < 1.29 is 13.5 Å². The van der Waals surface area contributed by atoms with Crippen molar-refractivity contribution in [3.63, 3.8) is 0 Å². The number of benzene rings is 1. The van der Waals surface area contributed by atoms with Crippen LogP contribution in [0.3, 0.4) is 0 Å². The first-order valence-electron chi connectivity index (χ1n) is 12.7. The van der Waals surface area contributed by atoms with Crippen molar-refractivity contribution in [1.29, 1.82) is 0 Å². The third-order valence-corrected chi connectivity index (χ3v) is 6.22. The molecule has 1 aliphatic heterocycles. The molecule has 4 aromatic rings. The van der Waals surface area contributed by atoms with E-state index in [0.29, 0.717) is 54.9 Å². The van der Waals surface area contributed by atoms with E-state index in [9.17, 15) is 8.78 Å². The van der Waals surface area contributed by atoms with Gasteiger partial charge in [0.1, 0.15) is 0 Å². The summed E-state index contributed by atoms with van der Waals surface area (Å²) in [4.78, 5) is 32.8. The Balaban J connectivity index is 1.47. The second-order valence-electron chi connectivity index (χ2n) is 9.43. The fourth-order valence-electron chi connectivity index (χ4n) is 4.25. The third kappa shape index (κ3) is 6.17. The van der Waals surface area contributed by atoms with Crippen molar-refractivity contribution in [2.45, 2.75) is 12.8 Å². The largest absolute Gasteiger partial charge is 0.378 e. The van der Waals surface area contributed by atoms with E-state index in [1.807, 2.05) is 30.9 Å². The summed E-state index contributed by atoms with van der Waals surface area (Å²) in [6, 6.07) is 6.89. The Morgan fingerprint density at radius 2 is 1.67 bits per heavy atom. The van der Waals surface area contributed by atoms with Gasteiger partial charge < -0.3 is 24.8 Å². The summed E-state index contributed by atoms with van der Waals surface area (Å²) in [6.07, 6.45) is 1.43. The monoisotopic (exact) mass is 539 g/mol. The van der Waals surface area contributed by atoms with E-state index >= 15 is 0 Å². The SMILES string of the molecule is CN(C)CCCN(C)c1ncc(Nc2nc(N3CCOCC3)nc(-n3c(C(F)F)nc4ccccc43)n2)cn1. The predicted octanol–water partition coefficient (Wildman–Crippen LogP) is 2.91. The average molecular weight is 540 g/mol. The summed E-state index contributed by atoms with van der Waals surface area (Å²) in [7, 11) is 6.02. The van der Waals surface area contributed by atoms with Gasteiger partial charge in [-0.3, -0.25) is 4.57 Å². The molecule has 1 aliphatic rings. The van der Waals surface area contributed by atoms with Crippen LogP contribution < -0.4 is 15.1 Å². The molecule has 0 amide bonds. The number of para-hydroxylation sites is 2. The fourth-order valence-corrected chi connectivity index (χ4v) is 4.25. The summed E-state index contributed by atoms with van der Waals surface area (Å²) in [5, 5.41) is 3.12. The van der Waals surface area contributed by atoms with E-state index in [0.717, 1.165) is 19.5 Å². The Morgan fingerprint density at radius 1 is 0.949 bits per heavy atom. The van der Waals surface area contributed by atoms with Crippen molar-refractivity contribution in [3.05, 3.63) is 42.5 Å². The van der Waals surface area contributed by atoms with Crippen molar-refractivity contribution in [2.75, 3.05) is 75.7 Å². The van der Waals surface area contributed by atoms with Crippen LogP contribution in [0.4, 0.5) is 32.3 Å². The average Bonchev–Trinajstić information content (AvgIpc) is 3.34. The molecule has 12 nitrogen and oxygen atoms in total. The Labute approximate surface area is 224 Å². The highest BCUT2D eigenvalue weighted by Crippen LogP contribution is 2.28. The maximum Gasteiger partial charge on any atom is 0.296 e. The lowest BCUT2D eigenvalue weighted by atomic mass is 10.3. The predicted molar refractivity (Wildman–Crippen MR) is 144 cm³/mol. The second kappa shape index (κ2) is 11.8. The lowest BCUT2D eigenvalue weighted by molar-refractivity contribution is 0.122. The minimum absolute atomic E-state index is 0.0381. The molecule has 0 radical (unpaired) electrons. The minimum Gasteiger partial charge on any atom is -0.378 e. The number of fused-ring (bicyclic) bond motifs is 1. The molecule has 1 fully saturated rings. The van der Waals surface area contributed by atoms with Crippen LogP contribution in [0.1, 0.15) is 18.7 Å². The van der Waals surface area contributed by atoms with E-state index in [-0.39, 0.29) is 11.9 Å². The molecule has 1 N–H and O–H groups in total. The van der Waals surface area contributed by atoms with Gasteiger partial charge in [-0.1, -0.05) is 12.1 Å². The van der Waals surface area contributed by atoms with Crippen LogP contribution in [0.2, 0.25) is 0 Å². The number of ether oxygens (including phenoxy) is 1. The van der Waals surface area contributed by atoms with Crippen molar-refractivity contribution in [3.8, 4) is 5.95 Å². The fraction of sp³-hybridized carbons (Fsp3) is 0.440. The van der Waals surface area contributed by atoms with Gasteiger partial charge in [-0.25, -0.2) is 23.7 Å². The molecule has 0 bridgehead atoms. The Kier molecular flexibility index (Phi) is 8.02. The number of alkyl halides is 2. The van der Waals surface area contributed by atoms with Crippen LogP contribution in [0.5, 0.6) is 0 Å². The Bertz CT molecular complexity index is 1390. The smallest absolute Gasteiger partial charge is 0.296 e. The van der Waals surface area contributed by atoms with Gasteiger partial charge in [-0.15, -0.1) is 0 Å². The normalized spacial score (nSPS) is 14.0. The molecular weight excluding hydrogens is 508 g/mol. The highest BCUT2D eigenvalue weighted by Gasteiger charge is 2.24. The van der Waals surface area contributed by atoms with Gasteiger partial charge >= 0.3 is 0 Å². The minimum atomic E-state index is -2.83. The van der Waals surface area contributed by atoms with Crippen LogP contribution in [-0.2, 0) is 4.74 Å². The van der Waals surface area contributed by atoms with Crippen LogP contribution in [0, 0.1) is 0 Å². The van der Waals surface area contributed by atoms with Gasteiger partial charge in [0, 0.05) is 26.7 Å². The zero-order chi connectivity index (χ0) is 27.4. The number of nitrogens with zero attached hydrogens (tertiary/aromatic N) is 10. The number of anilines is 4. The number of hydrogen-bond donors (Lipinski definition) is 1. The summed E-state index contributed by atoms with van der Waals surface area (Å²) >= 11 is 0. The van der Waals surface area contributed by atoms with Crippen molar-refractivity contribution in [2.24, 2.45) is 0 Å². The van der Waals surface area contributed by atoms with Gasteiger partial charge in [-0.2, -0.15) is 15.0 Å². The second-order valence-corrected chi connectivity index (χ2v) is 9.43. The Hall–Kier alpha value is -4.04. The van der Waals surface area contributed by atoms with Crippen molar-refractivity contribution >= 4 is 34.6 Å². The molecule has 3 aromatic heterocycles. The number of hydrogen-bond acceptors (Lipinski definition) is 11. The summed E-state index contributed by atoms with van der Waals surface area (Å²) in [5.41, 5.74) is 1.45. The van der Waals surface area contributed by atoms with Crippen LogP contribution in [0.25, 0.3) is 17.0 Å². The lowest BCUT2D eigenvalue weighted by Gasteiger charge is -2.27. The molecule has 1 saturated heterocycles. The third-order valence-electron chi connectivity index (χ3n) is 6.22. The molecule has 0 spiro atoms. The maximum absolute atomic E-state index is 14.1. The maximum atomic E-state index is 14.1. The zero-order valence-corrected chi connectivity index (χ0v) is 22.1. The van der Waals surface area contributed by atoms with E-state index in [4.69, 9.17) is 4.74 Å². The van der Waals surface area contributed by atoms with Crippen molar-refractivity contribution in [1.82, 2.24) is 39.4 Å². The summed E-state index contributed by atoms with van der Waals surface area (Å²) in [5.74, 6) is 0.718. The van der Waals surface area contributed by atoms with Crippen LogP contribution in [0.15, 0.2) is 36.7 Å². The zero-order valence-electron chi connectivity index (χ0n) is 22.1. The number of halogens is 2. The van der Waals surface area contributed by atoms with Gasteiger partial charge in [0.25, 0.3) is 6.43 Å². The molecule has 206 valence electrons. The molecule has 39 heavy (non-hydrogen) atoms. The molecule has 5 rings (SSSR count). The molecule has 0 aliphatic carbocycles. The van der Waals surface area contributed by atoms with Gasteiger partial charge in [0.05, 0.1) is 42.3 Å². The summed E-state index contributed by atoms with van der Waals surface area (Å²) in [6.45, 7) is 3.93. The first-order valence-corrected chi connectivity index (χ1v) is 12.7. The van der Waals surface area contributed by atoms with E-state index in [1.165, 1.54) is 4.57 Å². The van der Waals surface area contributed by atoms with E-state index in [1.54, 1.807) is 36.7 Å². The first kappa shape index (κ1) is 26.6. The van der Waals surface area contributed by atoms with Gasteiger partial charge in [-0.05, 0) is 39.2 Å². The molecule has 14 heteroatoms. The molecule has 0 unspecified atom stereocenters. The highest BCUT2D eigenvalue weighted by atomic mass is 19.3. The molecular formula is C25H31F2N11O. The van der Waals surface area contributed by atoms with Crippen LogP contribution >= 0.6 is 0 Å². The van der Waals surface area contributed by atoms with Gasteiger partial charge in [0.2, 0.25) is 23.8 Å². The highest BCUT2D eigenvalue weighted by molar-refractivity contribution is 5.77. The summed E-state index contributed by atoms with van der Waals surface area (Å²) < 4.78 is 34.8. The van der Waals surface area contributed by atoms with Crippen LogP contribution in [-0.4, -0.2) is 99.9 Å². The molecule has 0 atom stereocenters. The van der Waals surface area contributed by atoms with E-state index < -0.39 is 12.2 Å².